The van der Waals surface area contributed by atoms with E-state index in [0.717, 1.165) is 0 Å². The zero-order valence-corrected chi connectivity index (χ0v) is 3.95. The number of carbonyl (C=O) groups excluding carboxylic acids is 1. The van der Waals surface area contributed by atoms with E-state index in [1.165, 1.54) is 0 Å². The second-order valence-electron chi connectivity index (χ2n) is 0.851. The van der Waals surface area contributed by atoms with Crippen LogP contribution in [-0.2, 0) is 15.6 Å². The Morgan fingerprint density at radius 2 is 2.43 bits per heavy atom. The Morgan fingerprint density at radius 3 is 2.57 bits per heavy atom. The number of hydrogen-bond donors (Lipinski definition) is 2. The van der Waals surface area contributed by atoms with Gasteiger partial charge in [-0.1, -0.05) is 0 Å². The average molecular weight is 122 g/mol. The van der Waals surface area contributed by atoms with E-state index in [1.54, 1.807) is 0 Å². The van der Waals surface area contributed by atoms with Crippen molar-refractivity contribution in [1.82, 2.24) is 10.2 Å². The Balaban J connectivity index is 2.55. The quantitative estimate of drug-likeness (QED) is 0.424. The molecule has 5 nitrogen and oxygen atoms in total. The zero-order chi connectivity index (χ0) is 5.28. The van der Waals surface area contributed by atoms with Crippen LogP contribution < -0.4 is 10.2 Å². The molecular weight excluding hydrogens is 120 g/mol. The Hall–Kier alpha value is -0.620. The molecule has 0 bridgehead atoms. The molecule has 0 saturated carbocycles. The molecular formula is CH2N2O3S. The maximum absolute atomic E-state index is 9.95. The van der Waals surface area contributed by atoms with E-state index in [1.807, 2.05) is 10.2 Å². The molecule has 0 spiro atoms. The highest BCUT2D eigenvalue weighted by Gasteiger charge is 2.14. The van der Waals surface area contributed by atoms with E-state index >= 15 is 0 Å². The van der Waals surface area contributed by atoms with Gasteiger partial charge in [0.05, 0.1) is 0 Å². The first-order chi connectivity index (χ1) is 3.29. The number of rotatable bonds is 0. The van der Waals surface area contributed by atoms with Gasteiger partial charge in [-0.3, -0.25) is 0 Å². The average Bonchev–Trinajstić information content (AvgIpc) is 1.87. The predicted molar refractivity (Wildman–Crippen MR) is 20.9 cm³/mol. The Bertz CT molecular complexity index is 108. The fourth-order valence-corrected chi connectivity index (χ4v) is 0.579. The Kier molecular flexibility index (Phi) is 0.953. The van der Waals surface area contributed by atoms with Crippen LogP contribution in [-0.4, -0.2) is 10.2 Å². The van der Waals surface area contributed by atoms with Gasteiger partial charge >= 0.3 is 6.03 Å². The van der Waals surface area contributed by atoms with Crippen molar-refractivity contribution < 1.29 is 13.3 Å². The van der Waals surface area contributed by atoms with Gasteiger partial charge in [0.15, 0.2) is 0 Å². The third-order valence-electron chi connectivity index (χ3n) is 0.386. The standard InChI is InChI=1S/CH2N2O3S/c4-1-2-6-7(5)3-1/h(H2,2,3,4). The normalized spacial score (nSPS) is 29.1. The minimum Gasteiger partial charge on any atom is -0.245 e. The van der Waals surface area contributed by atoms with E-state index in [2.05, 4.69) is 4.28 Å². The largest absolute Gasteiger partial charge is 0.353 e. The van der Waals surface area contributed by atoms with Crippen LogP contribution in [0.25, 0.3) is 0 Å². The topological polar surface area (TPSA) is 67.4 Å². The molecule has 1 aliphatic rings. The van der Waals surface area contributed by atoms with Crippen LogP contribution >= 0.6 is 0 Å². The fraction of sp³-hybridized carbons (Fsp3) is 0. The van der Waals surface area contributed by atoms with Gasteiger partial charge < -0.3 is 0 Å². The van der Waals surface area contributed by atoms with Crippen LogP contribution in [0.2, 0.25) is 0 Å². The molecule has 1 saturated heterocycles. The van der Waals surface area contributed by atoms with Gasteiger partial charge in [-0.05, 0) is 0 Å². The van der Waals surface area contributed by atoms with E-state index in [0.29, 0.717) is 0 Å². The molecule has 0 aromatic carbocycles. The lowest BCUT2D eigenvalue weighted by atomic mass is 11.2. The first kappa shape index (κ1) is 4.54. The van der Waals surface area contributed by atoms with Crippen LogP contribution in [0.15, 0.2) is 0 Å². The van der Waals surface area contributed by atoms with Crippen molar-refractivity contribution in [2.45, 2.75) is 0 Å². The number of hydroxylamine groups is 1. The molecule has 1 unspecified atom stereocenters. The maximum Gasteiger partial charge on any atom is 0.353 e. The molecule has 7 heavy (non-hydrogen) atoms. The van der Waals surface area contributed by atoms with Crippen molar-refractivity contribution in [3.8, 4) is 0 Å². The van der Waals surface area contributed by atoms with E-state index in [9.17, 15) is 9.00 Å². The summed E-state index contributed by atoms with van der Waals surface area (Å²) in [5.74, 6) is 0. The first-order valence-electron chi connectivity index (χ1n) is 1.45. The SMILES string of the molecule is O=C1NOS(=O)N1. The lowest BCUT2D eigenvalue weighted by Crippen LogP contribution is -2.20. The number of urea groups is 1. The third-order valence-corrected chi connectivity index (χ3v) is 0.973. The summed E-state index contributed by atoms with van der Waals surface area (Å²) in [5, 5.41) is 0. The fourth-order valence-electron chi connectivity index (χ4n) is 0.193. The van der Waals surface area contributed by atoms with Crippen LogP contribution in [0.1, 0.15) is 0 Å². The van der Waals surface area contributed by atoms with Gasteiger partial charge in [0, 0.05) is 0 Å². The number of amides is 2. The summed E-state index contributed by atoms with van der Waals surface area (Å²) < 4.78 is 15.9. The van der Waals surface area contributed by atoms with Crippen LogP contribution in [0.5, 0.6) is 0 Å². The van der Waals surface area contributed by atoms with Crippen LogP contribution in [0.3, 0.4) is 0 Å². The summed E-state index contributed by atoms with van der Waals surface area (Å²) in [5.41, 5.74) is 1.82. The summed E-state index contributed by atoms with van der Waals surface area (Å²) >= 11 is -1.66. The number of hydrogen-bond acceptors (Lipinski definition) is 3. The number of carbonyl (C=O) groups is 1. The van der Waals surface area contributed by atoms with E-state index < -0.39 is 17.3 Å². The highest BCUT2D eigenvalue weighted by atomic mass is 32.2. The molecule has 1 atom stereocenters. The minimum absolute atomic E-state index is 0.571. The smallest absolute Gasteiger partial charge is 0.245 e. The van der Waals surface area contributed by atoms with E-state index in [-0.39, 0.29) is 0 Å². The lowest BCUT2D eigenvalue weighted by molar-refractivity contribution is 0.211. The van der Waals surface area contributed by atoms with Gasteiger partial charge in [-0.2, -0.15) is 9.76 Å². The molecule has 0 aliphatic carbocycles. The first-order valence-corrected chi connectivity index (χ1v) is 2.52. The van der Waals surface area contributed by atoms with Crippen molar-refractivity contribution in [2.75, 3.05) is 0 Å². The molecule has 1 rings (SSSR count). The molecule has 40 valence electrons. The minimum atomic E-state index is -1.66. The number of nitrogens with one attached hydrogen (secondary N) is 2. The lowest BCUT2D eigenvalue weighted by Gasteiger charge is -1.75. The van der Waals surface area contributed by atoms with Gasteiger partial charge in [0.1, 0.15) is 0 Å². The third kappa shape index (κ3) is 0.875. The second-order valence-corrected chi connectivity index (χ2v) is 1.69. The van der Waals surface area contributed by atoms with Crippen molar-refractivity contribution >= 4 is 17.3 Å². The van der Waals surface area contributed by atoms with Gasteiger partial charge in [-0.25, -0.2) is 13.7 Å². The van der Waals surface area contributed by atoms with Crippen molar-refractivity contribution in [1.29, 1.82) is 0 Å². The Labute approximate surface area is 41.8 Å². The molecule has 1 aliphatic heterocycles. The highest BCUT2D eigenvalue weighted by Crippen LogP contribution is 1.82. The highest BCUT2D eigenvalue weighted by molar-refractivity contribution is 7.79. The molecule has 0 radical (unpaired) electrons. The molecule has 1 fully saturated rings. The van der Waals surface area contributed by atoms with Crippen molar-refractivity contribution in [3.05, 3.63) is 0 Å². The molecule has 2 N–H and O–H groups in total. The second kappa shape index (κ2) is 1.47. The molecule has 2 amide bonds. The maximum atomic E-state index is 9.95. The van der Waals surface area contributed by atoms with E-state index in [4.69, 9.17) is 0 Å². The van der Waals surface area contributed by atoms with Crippen molar-refractivity contribution in [3.63, 3.8) is 0 Å². The summed E-state index contributed by atoms with van der Waals surface area (Å²) in [7, 11) is 0. The predicted octanol–water partition coefficient (Wildman–Crippen LogP) is -1.19. The molecule has 0 aromatic rings. The van der Waals surface area contributed by atoms with Gasteiger partial charge in [0.2, 0.25) is 0 Å². The zero-order valence-electron chi connectivity index (χ0n) is 3.13. The summed E-state index contributed by atoms with van der Waals surface area (Å²) in [6, 6.07) is -0.571. The monoisotopic (exact) mass is 122 g/mol. The molecule has 1 heterocycles. The Morgan fingerprint density at radius 1 is 1.71 bits per heavy atom. The van der Waals surface area contributed by atoms with Gasteiger partial charge in [0.25, 0.3) is 11.3 Å². The van der Waals surface area contributed by atoms with Gasteiger partial charge in [-0.15, -0.1) is 0 Å². The molecule has 0 aromatic heterocycles. The van der Waals surface area contributed by atoms with Crippen molar-refractivity contribution in [2.24, 2.45) is 0 Å². The summed E-state index contributed by atoms with van der Waals surface area (Å²) in [6.45, 7) is 0. The molecule has 6 heteroatoms. The van der Waals surface area contributed by atoms with Crippen LogP contribution in [0.4, 0.5) is 4.79 Å². The summed E-state index contributed by atoms with van der Waals surface area (Å²) in [6.07, 6.45) is 0. The van der Waals surface area contributed by atoms with Crippen LogP contribution in [0, 0.1) is 0 Å². The summed E-state index contributed by atoms with van der Waals surface area (Å²) in [4.78, 5) is 9.91.